The number of hydrogen-bond donors (Lipinski definition) is 3. The minimum Gasteiger partial charge on any atom is -0.481 e. The molecule has 0 aromatic heterocycles. The average Bonchev–Trinajstić information content (AvgIpc) is 2.97. The van der Waals surface area contributed by atoms with Gasteiger partial charge in [0.2, 0.25) is 0 Å². The highest BCUT2D eigenvalue weighted by Crippen LogP contribution is 2.25. The fourth-order valence-electron chi connectivity index (χ4n) is 2.98. The number of nitrogens with one attached hydrogen (secondary N) is 1. The van der Waals surface area contributed by atoms with Crippen LogP contribution in [0.2, 0.25) is 0 Å². The average molecular weight is 411 g/mol. The molecule has 1 aliphatic rings. The van der Waals surface area contributed by atoms with Gasteiger partial charge in [0.15, 0.2) is 0 Å². The van der Waals surface area contributed by atoms with Crippen LogP contribution in [-0.4, -0.2) is 56.1 Å². The van der Waals surface area contributed by atoms with E-state index < -0.39 is 42.2 Å². The summed E-state index contributed by atoms with van der Waals surface area (Å²) in [5.74, 6) is -4.48. The zero-order chi connectivity index (χ0) is 21.8. The van der Waals surface area contributed by atoms with Crippen LogP contribution >= 0.6 is 0 Å². The number of carbonyl (C=O) groups is 5. The zero-order valence-corrected chi connectivity index (χ0v) is 15.5. The molecule has 0 aliphatic carbocycles. The molecule has 10 heteroatoms. The second-order valence-electron chi connectivity index (χ2n) is 6.45. The highest BCUT2D eigenvalue weighted by Gasteiger charge is 2.42. The number of fused-ring (bicyclic) bond motifs is 1. The lowest BCUT2D eigenvalue weighted by molar-refractivity contribution is -0.145. The maximum atomic E-state index is 12.9. The van der Waals surface area contributed by atoms with E-state index in [0.717, 1.165) is 5.01 Å². The monoisotopic (exact) mass is 411 g/mol. The molecule has 0 saturated carbocycles. The van der Waals surface area contributed by atoms with Crippen LogP contribution in [0.3, 0.4) is 0 Å². The van der Waals surface area contributed by atoms with Crippen LogP contribution < -0.4 is 5.32 Å². The molecule has 4 amide bonds. The molecule has 2 aromatic rings. The molecule has 1 unspecified atom stereocenters. The van der Waals surface area contributed by atoms with Gasteiger partial charge in [0.1, 0.15) is 6.04 Å². The Balaban J connectivity index is 1.94. The van der Waals surface area contributed by atoms with Crippen LogP contribution in [0, 0.1) is 0 Å². The first-order valence-electron chi connectivity index (χ1n) is 8.84. The van der Waals surface area contributed by atoms with Gasteiger partial charge in [-0.1, -0.05) is 42.5 Å². The van der Waals surface area contributed by atoms with Crippen molar-refractivity contribution in [1.82, 2.24) is 15.3 Å². The second kappa shape index (κ2) is 8.43. The Labute approximate surface area is 170 Å². The Morgan fingerprint density at radius 2 is 1.43 bits per heavy atom. The molecule has 30 heavy (non-hydrogen) atoms. The molecule has 10 nitrogen and oxygen atoms in total. The summed E-state index contributed by atoms with van der Waals surface area (Å²) < 4.78 is 0. The summed E-state index contributed by atoms with van der Waals surface area (Å²) in [6.45, 7) is -0.225. The number of urea groups is 1. The smallest absolute Gasteiger partial charge is 0.337 e. The molecule has 0 radical (unpaired) electrons. The van der Waals surface area contributed by atoms with Gasteiger partial charge < -0.3 is 15.5 Å². The molecule has 1 aliphatic heterocycles. The maximum absolute atomic E-state index is 12.9. The third-order valence-corrected chi connectivity index (χ3v) is 4.40. The summed E-state index contributed by atoms with van der Waals surface area (Å²) in [7, 11) is 0. The summed E-state index contributed by atoms with van der Waals surface area (Å²) in [6.07, 6.45) is -0.873. The first-order valence-corrected chi connectivity index (χ1v) is 8.84. The van der Waals surface area contributed by atoms with E-state index >= 15 is 0 Å². The van der Waals surface area contributed by atoms with E-state index in [2.05, 4.69) is 5.32 Å². The van der Waals surface area contributed by atoms with Crippen molar-refractivity contribution in [2.24, 2.45) is 0 Å². The first kappa shape index (κ1) is 20.5. The SMILES string of the molecule is O=C(O)CC(NC(=O)N(Cc1ccccc1)N1C(=O)c2ccccc2C1=O)C(=O)O. The third kappa shape index (κ3) is 4.12. The van der Waals surface area contributed by atoms with Gasteiger partial charge in [-0.3, -0.25) is 14.4 Å². The van der Waals surface area contributed by atoms with Crippen LogP contribution in [-0.2, 0) is 16.1 Å². The summed E-state index contributed by atoms with van der Waals surface area (Å²) in [6, 6.07) is 11.6. The number of carboxylic acid groups (broad SMARTS) is 2. The van der Waals surface area contributed by atoms with Gasteiger partial charge in [-0.25, -0.2) is 14.6 Å². The van der Waals surface area contributed by atoms with E-state index in [0.29, 0.717) is 10.6 Å². The molecule has 0 spiro atoms. The molecule has 1 heterocycles. The molecular formula is C20H17N3O7. The number of amides is 4. The van der Waals surface area contributed by atoms with Gasteiger partial charge in [-0.2, -0.15) is 5.01 Å². The van der Waals surface area contributed by atoms with Crippen molar-refractivity contribution in [1.29, 1.82) is 0 Å². The summed E-state index contributed by atoms with van der Waals surface area (Å²) in [5, 5.41) is 21.6. The molecule has 0 bridgehead atoms. The van der Waals surface area contributed by atoms with Crippen molar-refractivity contribution in [2.75, 3.05) is 0 Å². The largest absolute Gasteiger partial charge is 0.481 e. The maximum Gasteiger partial charge on any atom is 0.337 e. The number of carboxylic acids is 2. The van der Waals surface area contributed by atoms with Gasteiger partial charge in [0.05, 0.1) is 24.1 Å². The zero-order valence-electron chi connectivity index (χ0n) is 15.5. The van der Waals surface area contributed by atoms with Gasteiger partial charge >= 0.3 is 18.0 Å². The van der Waals surface area contributed by atoms with E-state index in [1.54, 1.807) is 42.5 Å². The van der Waals surface area contributed by atoms with Gasteiger partial charge in [0, 0.05) is 0 Å². The van der Waals surface area contributed by atoms with Crippen molar-refractivity contribution < 1.29 is 34.2 Å². The first-order chi connectivity index (χ1) is 14.3. The number of nitrogens with zero attached hydrogens (tertiary/aromatic N) is 2. The molecule has 3 N–H and O–H groups in total. The van der Waals surface area contributed by atoms with E-state index in [4.69, 9.17) is 5.11 Å². The fourth-order valence-corrected chi connectivity index (χ4v) is 2.98. The molecular weight excluding hydrogens is 394 g/mol. The summed E-state index contributed by atoms with van der Waals surface area (Å²) in [4.78, 5) is 60.8. The van der Waals surface area contributed by atoms with Crippen molar-refractivity contribution in [2.45, 2.75) is 19.0 Å². The number of hydrazine groups is 1. The van der Waals surface area contributed by atoms with E-state index in [1.165, 1.54) is 12.1 Å². The van der Waals surface area contributed by atoms with Crippen LogP contribution in [0.15, 0.2) is 54.6 Å². The molecule has 2 aromatic carbocycles. The quantitative estimate of drug-likeness (QED) is 0.583. The molecule has 1 atom stereocenters. The third-order valence-electron chi connectivity index (χ3n) is 4.40. The molecule has 3 rings (SSSR count). The number of benzene rings is 2. The minimum atomic E-state index is -1.75. The van der Waals surface area contributed by atoms with Crippen LogP contribution in [0.4, 0.5) is 4.79 Å². The standard InChI is InChI=1S/C20H17N3O7/c24-16(25)10-15(19(28)29)21-20(30)22(11-12-6-2-1-3-7-12)23-17(26)13-8-4-5-9-14(13)18(23)27/h1-9,15H,10-11H2,(H,21,30)(H,24,25)(H,28,29). The number of rotatable bonds is 7. The van der Waals surface area contributed by atoms with Crippen LogP contribution in [0.25, 0.3) is 0 Å². The van der Waals surface area contributed by atoms with Crippen LogP contribution in [0.1, 0.15) is 32.7 Å². The number of hydrogen-bond acceptors (Lipinski definition) is 5. The Kier molecular flexibility index (Phi) is 5.77. The lowest BCUT2D eigenvalue weighted by Gasteiger charge is -2.31. The summed E-state index contributed by atoms with van der Waals surface area (Å²) >= 11 is 0. The Hall–Kier alpha value is -4.21. The highest BCUT2D eigenvalue weighted by atomic mass is 16.4. The topological polar surface area (TPSA) is 144 Å². The Morgan fingerprint density at radius 3 is 1.93 bits per heavy atom. The van der Waals surface area contributed by atoms with Gasteiger partial charge in [-0.05, 0) is 17.7 Å². The Morgan fingerprint density at radius 1 is 0.900 bits per heavy atom. The second-order valence-corrected chi connectivity index (χ2v) is 6.45. The Bertz CT molecular complexity index is 987. The lowest BCUT2D eigenvalue weighted by atomic mass is 10.1. The van der Waals surface area contributed by atoms with E-state index in [-0.39, 0.29) is 17.7 Å². The van der Waals surface area contributed by atoms with Gasteiger partial charge in [0.25, 0.3) is 11.8 Å². The van der Waals surface area contributed by atoms with E-state index in [9.17, 15) is 29.1 Å². The predicted molar refractivity (Wildman–Crippen MR) is 101 cm³/mol. The van der Waals surface area contributed by atoms with Crippen molar-refractivity contribution in [3.63, 3.8) is 0 Å². The number of carbonyl (C=O) groups excluding carboxylic acids is 3. The van der Waals surface area contributed by atoms with Gasteiger partial charge in [-0.15, -0.1) is 0 Å². The normalized spacial score (nSPS) is 13.5. The molecule has 154 valence electrons. The minimum absolute atomic E-state index is 0.105. The fraction of sp³-hybridized carbons (Fsp3) is 0.150. The van der Waals surface area contributed by atoms with Crippen LogP contribution in [0.5, 0.6) is 0 Å². The number of aliphatic carboxylic acids is 2. The lowest BCUT2D eigenvalue weighted by Crippen LogP contribution is -2.56. The molecule has 0 fully saturated rings. The van der Waals surface area contributed by atoms with E-state index in [1.807, 2.05) is 0 Å². The molecule has 0 saturated heterocycles. The van der Waals surface area contributed by atoms with Crippen molar-refractivity contribution >= 4 is 29.8 Å². The highest BCUT2D eigenvalue weighted by molar-refractivity contribution is 6.21. The predicted octanol–water partition coefficient (Wildman–Crippen LogP) is 1.34. The summed E-state index contributed by atoms with van der Waals surface area (Å²) in [5.41, 5.74) is 0.775. The van der Waals surface area contributed by atoms with Crippen molar-refractivity contribution in [3.05, 3.63) is 71.3 Å². The number of imide groups is 1. The van der Waals surface area contributed by atoms with Crippen molar-refractivity contribution in [3.8, 4) is 0 Å².